The fourth-order valence-corrected chi connectivity index (χ4v) is 3.17. The summed E-state index contributed by atoms with van der Waals surface area (Å²) in [5, 5.41) is 16.8. The number of nitrogens with two attached hydrogens (primary N) is 2. The topological polar surface area (TPSA) is 142 Å². The van der Waals surface area contributed by atoms with Crippen LogP contribution in [0.3, 0.4) is 0 Å². The molecule has 0 radical (unpaired) electrons. The number of nitrogens with one attached hydrogen (secondary N) is 3. The van der Waals surface area contributed by atoms with Gasteiger partial charge in [0.25, 0.3) is 0 Å². The fourth-order valence-electron chi connectivity index (χ4n) is 3.17. The molecule has 142 valence electrons. The van der Waals surface area contributed by atoms with Gasteiger partial charge in [0.1, 0.15) is 11.5 Å². The zero-order valence-corrected chi connectivity index (χ0v) is 14.9. The van der Waals surface area contributed by atoms with E-state index in [1.807, 2.05) is 18.2 Å². The summed E-state index contributed by atoms with van der Waals surface area (Å²) in [6, 6.07) is 9.27. The fraction of sp³-hybridized carbons (Fsp3) is 0.222. The highest BCUT2D eigenvalue weighted by Crippen LogP contribution is 2.34. The van der Waals surface area contributed by atoms with Crippen LogP contribution in [0.25, 0.3) is 0 Å². The van der Waals surface area contributed by atoms with E-state index in [0.29, 0.717) is 17.3 Å². The Labute approximate surface area is 157 Å². The van der Waals surface area contributed by atoms with Crippen molar-refractivity contribution in [2.75, 3.05) is 15.8 Å². The lowest BCUT2D eigenvalue weighted by Gasteiger charge is -2.17. The first-order valence-corrected chi connectivity index (χ1v) is 8.52. The first-order valence-electron chi connectivity index (χ1n) is 8.52. The molecular formula is C18H23N7O2. The molecule has 1 amide bonds. The second-order valence-electron chi connectivity index (χ2n) is 6.26. The molecule has 3 rings (SSSR count). The summed E-state index contributed by atoms with van der Waals surface area (Å²) in [6.45, 7) is 1.52. The molecule has 1 aromatic heterocycles. The lowest BCUT2D eigenvalue weighted by Crippen LogP contribution is -2.25. The monoisotopic (exact) mass is 369 g/mol. The van der Waals surface area contributed by atoms with Crippen LogP contribution < -0.4 is 32.7 Å². The number of rotatable bonds is 6. The van der Waals surface area contributed by atoms with Crippen LogP contribution in [0.15, 0.2) is 42.7 Å². The molecule has 8 N–H and O–H groups in total. The van der Waals surface area contributed by atoms with Crippen molar-refractivity contribution >= 4 is 28.9 Å². The van der Waals surface area contributed by atoms with Crippen LogP contribution in [0, 0.1) is 0 Å². The maximum Gasteiger partial charge on any atom is 0.217 e. The Bertz CT molecular complexity index is 869. The molecule has 1 unspecified atom stereocenters. The highest BCUT2D eigenvalue weighted by Gasteiger charge is 2.23. The van der Waals surface area contributed by atoms with Gasteiger partial charge in [0, 0.05) is 25.0 Å². The van der Waals surface area contributed by atoms with E-state index in [1.54, 1.807) is 12.1 Å². The van der Waals surface area contributed by atoms with Crippen LogP contribution in [0.5, 0.6) is 0 Å². The number of benzene rings is 1. The number of pyridine rings is 1. The molecule has 0 aliphatic heterocycles. The van der Waals surface area contributed by atoms with Crippen molar-refractivity contribution in [1.82, 2.24) is 10.3 Å². The number of hydrogen-bond acceptors (Lipinski definition) is 8. The molecule has 9 nitrogen and oxygen atoms in total. The van der Waals surface area contributed by atoms with Gasteiger partial charge in [0.2, 0.25) is 5.91 Å². The van der Waals surface area contributed by atoms with Crippen molar-refractivity contribution in [1.29, 1.82) is 0 Å². The molecule has 9 heteroatoms. The number of aryl methyl sites for hydroxylation is 1. The van der Waals surface area contributed by atoms with E-state index in [4.69, 9.17) is 11.6 Å². The van der Waals surface area contributed by atoms with E-state index in [2.05, 4.69) is 21.1 Å². The van der Waals surface area contributed by atoms with Crippen molar-refractivity contribution in [2.45, 2.75) is 25.8 Å². The first-order chi connectivity index (χ1) is 13.0. The summed E-state index contributed by atoms with van der Waals surface area (Å²) in [7, 11) is 0. The van der Waals surface area contributed by atoms with E-state index in [1.165, 1.54) is 29.9 Å². The van der Waals surface area contributed by atoms with Gasteiger partial charge >= 0.3 is 0 Å². The number of hydrogen-bond donors (Lipinski definition) is 6. The number of anilines is 4. The van der Waals surface area contributed by atoms with Crippen molar-refractivity contribution in [3.05, 3.63) is 53.9 Å². The second-order valence-corrected chi connectivity index (χ2v) is 6.26. The highest BCUT2D eigenvalue weighted by atomic mass is 16.5. The molecule has 1 atom stereocenters. The zero-order valence-electron chi connectivity index (χ0n) is 14.9. The van der Waals surface area contributed by atoms with Crippen LogP contribution in [0.4, 0.5) is 23.0 Å². The van der Waals surface area contributed by atoms with Gasteiger partial charge < -0.3 is 16.4 Å². The van der Waals surface area contributed by atoms with Gasteiger partial charge in [0.15, 0.2) is 5.82 Å². The molecule has 2 aromatic rings. The standard InChI is InChI=1S/C18H23N7O2/c1-11(26)21-15-5-2-12-10-13(3-4-14(12)15)22-18-16(24-27)6-7-17(23-18)25(20)9-8-19/h3-4,6-10,15,24,27H,2,5,19-20H2,1H3,(H,21,26)(H,22,23)/b9-8-. The Morgan fingerprint density at radius 1 is 1.37 bits per heavy atom. The minimum atomic E-state index is -0.0346. The Morgan fingerprint density at radius 2 is 2.19 bits per heavy atom. The molecule has 1 heterocycles. The SMILES string of the molecule is CC(=O)NC1CCc2cc(Nc3nc(N(N)/C=C\N)ccc3NO)ccc21. The summed E-state index contributed by atoms with van der Waals surface area (Å²) in [5.41, 5.74) is 11.0. The minimum absolute atomic E-state index is 0.0346. The van der Waals surface area contributed by atoms with Gasteiger partial charge in [-0.15, -0.1) is 0 Å². The second kappa shape index (κ2) is 7.94. The average Bonchev–Trinajstić information content (AvgIpc) is 3.03. The van der Waals surface area contributed by atoms with E-state index in [0.717, 1.165) is 24.1 Å². The lowest BCUT2D eigenvalue weighted by atomic mass is 10.1. The molecular weight excluding hydrogens is 346 g/mol. The maximum absolute atomic E-state index is 11.3. The number of carbonyl (C=O) groups excluding carboxylic acids is 1. The molecule has 1 aliphatic rings. The number of fused-ring (bicyclic) bond motifs is 1. The summed E-state index contributed by atoms with van der Waals surface area (Å²) in [4.78, 5) is 15.7. The number of aromatic nitrogens is 1. The Kier molecular flexibility index (Phi) is 5.43. The molecule has 0 bridgehead atoms. The molecule has 27 heavy (non-hydrogen) atoms. The summed E-state index contributed by atoms with van der Waals surface area (Å²) in [6.07, 6.45) is 4.53. The Hall–Kier alpha value is -3.30. The molecule has 0 saturated carbocycles. The number of carbonyl (C=O) groups is 1. The van der Waals surface area contributed by atoms with Crippen LogP contribution in [-0.2, 0) is 11.2 Å². The first kappa shape index (κ1) is 18.5. The van der Waals surface area contributed by atoms with Gasteiger partial charge in [-0.05, 0) is 48.2 Å². The van der Waals surface area contributed by atoms with Gasteiger partial charge in [-0.2, -0.15) is 0 Å². The number of hydrazine groups is 1. The lowest BCUT2D eigenvalue weighted by molar-refractivity contribution is -0.119. The normalized spacial score (nSPS) is 15.4. The largest absolute Gasteiger partial charge is 0.403 e. The predicted octanol–water partition coefficient (Wildman–Crippen LogP) is 1.86. The summed E-state index contributed by atoms with van der Waals surface area (Å²) in [5.74, 6) is 6.67. The van der Waals surface area contributed by atoms with Crippen LogP contribution >= 0.6 is 0 Å². The van der Waals surface area contributed by atoms with Crippen molar-refractivity contribution in [3.8, 4) is 0 Å². The van der Waals surface area contributed by atoms with Crippen molar-refractivity contribution < 1.29 is 10.0 Å². The van der Waals surface area contributed by atoms with Gasteiger partial charge in [-0.1, -0.05) is 6.07 Å². The quantitative estimate of drug-likeness (QED) is 0.335. The van der Waals surface area contributed by atoms with E-state index in [9.17, 15) is 10.0 Å². The van der Waals surface area contributed by atoms with Crippen LogP contribution in [0.1, 0.15) is 30.5 Å². The molecule has 0 spiro atoms. The zero-order chi connectivity index (χ0) is 19.4. The smallest absolute Gasteiger partial charge is 0.217 e. The minimum Gasteiger partial charge on any atom is -0.403 e. The molecule has 1 aromatic carbocycles. The maximum atomic E-state index is 11.3. The van der Waals surface area contributed by atoms with E-state index < -0.39 is 0 Å². The molecule has 0 saturated heterocycles. The highest BCUT2D eigenvalue weighted by molar-refractivity contribution is 5.75. The van der Waals surface area contributed by atoms with Gasteiger partial charge in [-0.3, -0.25) is 20.5 Å². The van der Waals surface area contributed by atoms with E-state index >= 15 is 0 Å². The summed E-state index contributed by atoms with van der Waals surface area (Å²) < 4.78 is 0. The van der Waals surface area contributed by atoms with Crippen molar-refractivity contribution in [2.24, 2.45) is 11.6 Å². The van der Waals surface area contributed by atoms with Crippen molar-refractivity contribution in [3.63, 3.8) is 0 Å². The van der Waals surface area contributed by atoms with Crippen LogP contribution in [0.2, 0.25) is 0 Å². The third-order valence-electron chi connectivity index (χ3n) is 4.37. The third kappa shape index (κ3) is 4.10. The van der Waals surface area contributed by atoms with Gasteiger partial charge in [-0.25, -0.2) is 10.8 Å². The Balaban J connectivity index is 1.85. The average molecular weight is 369 g/mol. The summed E-state index contributed by atoms with van der Waals surface area (Å²) >= 11 is 0. The molecule has 0 fully saturated rings. The third-order valence-corrected chi connectivity index (χ3v) is 4.37. The Morgan fingerprint density at radius 3 is 2.89 bits per heavy atom. The number of amides is 1. The number of nitrogens with zero attached hydrogens (tertiary/aromatic N) is 2. The van der Waals surface area contributed by atoms with E-state index in [-0.39, 0.29) is 11.9 Å². The predicted molar refractivity (Wildman–Crippen MR) is 104 cm³/mol. The molecule has 1 aliphatic carbocycles. The van der Waals surface area contributed by atoms with Gasteiger partial charge in [0.05, 0.1) is 6.04 Å². The van der Waals surface area contributed by atoms with Crippen LogP contribution in [-0.4, -0.2) is 16.1 Å².